The zero-order valence-electron chi connectivity index (χ0n) is 16.8. The standard InChI is InChI=1S/C21H20N6O2S/c1-21(2,3)27-17-13(11-23-27)18(28)26-20(25-17)22-10-12-8-9-15(29-12)19-24-14-6-4-5-7-16(14)30-19/h4-9,11H,10H2,1-3H3,(H2,22,25,26,28). The summed E-state index contributed by atoms with van der Waals surface area (Å²) >= 11 is 1.59. The molecule has 0 saturated heterocycles. The van der Waals surface area contributed by atoms with Gasteiger partial charge in [0.25, 0.3) is 5.56 Å². The third-order valence-corrected chi connectivity index (χ3v) is 5.72. The highest BCUT2D eigenvalue weighted by Gasteiger charge is 2.20. The molecule has 8 nitrogen and oxygen atoms in total. The Morgan fingerprint density at radius 1 is 1.17 bits per heavy atom. The highest BCUT2D eigenvalue weighted by Crippen LogP contribution is 2.31. The Labute approximate surface area is 175 Å². The summed E-state index contributed by atoms with van der Waals surface area (Å²) in [6, 6.07) is 11.8. The summed E-state index contributed by atoms with van der Waals surface area (Å²) in [5, 5.41) is 8.76. The van der Waals surface area contributed by atoms with Gasteiger partial charge in [0, 0.05) is 0 Å². The Hall–Kier alpha value is -3.46. The van der Waals surface area contributed by atoms with Crippen molar-refractivity contribution in [2.45, 2.75) is 32.9 Å². The zero-order chi connectivity index (χ0) is 20.9. The van der Waals surface area contributed by atoms with Crippen molar-refractivity contribution < 1.29 is 4.42 Å². The molecule has 0 amide bonds. The van der Waals surface area contributed by atoms with E-state index in [1.54, 1.807) is 22.2 Å². The quantitative estimate of drug-likeness (QED) is 0.448. The van der Waals surface area contributed by atoms with Crippen molar-refractivity contribution in [2.75, 3.05) is 5.32 Å². The first-order chi connectivity index (χ1) is 14.4. The molecule has 0 aliphatic heterocycles. The van der Waals surface area contributed by atoms with Crippen LogP contribution >= 0.6 is 11.3 Å². The van der Waals surface area contributed by atoms with E-state index in [2.05, 4.69) is 25.4 Å². The molecule has 152 valence electrons. The molecule has 0 spiro atoms. The zero-order valence-corrected chi connectivity index (χ0v) is 17.6. The molecule has 1 aromatic carbocycles. The largest absolute Gasteiger partial charge is 0.457 e. The summed E-state index contributed by atoms with van der Waals surface area (Å²) in [5.74, 6) is 1.81. The average molecular weight is 420 g/mol. The molecule has 0 unspecified atom stereocenters. The summed E-state index contributed by atoms with van der Waals surface area (Å²) in [4.78, 5) is 24.3. The van der Waals surface area contributed by atoms with Crippen LogP contribution in [-0.4, -0.2) is 24.7 Å². The van der Waals surface area contributed by atoms with Crippen molar-refractivity contribution in [3.05, 3.63) is 58.7 Å². The van der Waals surface area contributed by atoms with E-state index in [1.807, 2.05) is 57.2 Å². The van der Waals surface area contributed by atoms with Gasteiger partial charge in [0.2, 0.25) is 5.95 Å². The summed E-state index contributed by atoms with van der Waals surface area (Å²) in [7, 11) is 0. The van der Waals surface area contributed by atoms with E-state index in [-0.39, 0.29) is 11.1 Å². The second-order valence-corrected chi connectivity index (χ2v) is 9.02. The smallest absolute Gasteiger partial charge is 0.263 e. The van der Waals surface area contributed by atoms with E-state index in [0.717, 1.165) is 26.7 Å². The van der Waals surface area contributed by atoms with E-state index in [1.165, 1.54) is 0 Å². The number of hydrogen-bond donors (Lipinski definition) is 2. The first-order valence-electron chi connectivity index (χ1n) is 9.55. The second-order valence-electron chi connectivity index (χ2n) is 7.99. The number of fused-ring (bicyclic) bond motifs is 2. The van der Waals surface area contributed by atoms with Crippen LogP contribution in [-0.2, 0) is 12.1 Å². The van der Waals surface area contributed by atoms with Crippen LogP contribution in [0.1, 0.15) is 26.5 Å². The maximum absolute atomic E-state index is 12.4. The molecule has 0 aliphatic carbocycles. The number of nitrogens with one attached hydrogen (secondary N) is 2. The predicted octanol–water partition coefficient (Wildman–Crippen LogP) is 4.36. The van der Waals surface area contributed by atoms with Gasteiger partial charge in [0.1, 0.15) is 11.1 Å². The molecule has 30 heavy (non-hydrogen) atoms. The van der Waals surface area contributed by atoms with E-state index in [9.17, 15) is 4.79 Å². The molecule has 0 aliphatic rings. The van der Waals surface area contributed by atoms with E-state index in [4.69, 9.17) is 4.42 Å². The highest BCUT2D eigenvalue weighted by molar-refractivity contribution is 7.21. The third kappa shape index (κ3) is 3.26. The monoisotopic (exact) mass is 420 g/mol. The molecule has 0 bridgehead atoms. The van der Waals surface area contributed by atoms with Crippen LogP contribution in [0.25, 0.3) is 32.0 Å². The van der Waals surface area contributed by atoms with Gasteiger partial charge in [-0.2, -0.15) is 10.1 Å². The minimum absolute atomic E-state index is 0.229. The van der Waals surface area contributed by atoms with Gasteiger partial charge in [-0.05, 0) is 45.0 Å². The van der Waals surface area contributed by atoms with Crippen LogP contribution in [0.15, 0.2) is 51.8 Å². The van der Waals surface area contributed by atoms with E-state index >= 15 is 0 Å². The first-order valence-corrected chi connectivity index (χ1v) is 10.4. The topological polar surface area (TPSA) is 102 Å². The Kier molecular flexibility index (Phi) is 4.21. The van der Waals surface area contributed by atoms with Gasteiger partial charge in [-0.1, -0.05) is 12.1 Å². The first kappa shape index (κ1) is 18.6. The fourth-order valence-electron chi connectivity index (χ4n) is 3.23. The third-order valence-electron chi connectivity index (χ3n) is 4.67. The predicted molar refractivity (Wildman–Crippen MR) is 118 cm³/mol. The number of rotatable bonds is 4. The highest BCUT2D eigenvalue weighted by atomic mass is 32.1. The lowest BCUT2D eigenvalue weighted by molar-refractivity contribution is 0.366. The van der Waals surface area contributed by atoms with Crippen molar-refractivity contribution in [1.82, 2.24) is 24.7 Å². The van der Waals surface area contributed by atoms with Gasteiger partial charge in [0.05, 0.1) is 28.5 Å². The molecule has 4 aromatic heterocycles. The molecule has 9 heteroatoms. The van der Waals surface area contributed by atoms with Crippen LogP contribution in [0.5, 0.6) is 0 Å². The average Bonchev–Trinajstić information content (AvgIpc) is 3.42. The number of aromatic nitrogens is 5. The van der Waals surface area contributed by atoms with Gasteiger partial charge in [0.15, 0.2) is 16.4 Å². The van der Waals surface area contributed by atoms with Gasteiger partial charge < -0.3 is 9.73 Å². The fourth-order valence-corrected chi connectivity index (χ4v) is 4.16. The Morgan fingerprint density at radius 3 is 2.80 bits per heavy atom. The molecule has 0 atom stereocenters. The summed E-state index contributed by atoms with van der Waals surface area (Å²) in [5.41, 5.74) is 0.988. The number of para-hydroxylation sites is 1. The summed E-state index contributed by atoms with van der Waals surface area (Å²) in [6.45, 7) is 6.43. The van der Waals surface area contributed by atoms with Gasteiger partial charge >= 0.3 is 0 Å². The molecule has 0 radical (unpaired) electrons. The van der Waals surface area contributed by atoms with Crippen molar-refractivity contribution >= 4 is 38.5 Å². The van der Waals surface area contributed by atoms with Crippen LogP contribution < -0.4 is 10.9 Å². The Balaban J connectivity index is 1.39. The molecular weight excluding hydrogens is 400 g/mol. The summed E-state index contributed by atoms with van der Waals surface area (Å²) < 4.78 is 8.82. The number of thiazole rings is 1. The number of furan rings is 1. The van der Waals surface area contributed by atoms with Crippen LogP contribution in [0.3, 0.4) is 0 Å². The normalized spacial score (nSPS) is 12.1. The lowest BCUT2D eigenvalue weighted by Gasteiger charge is -2.19. The van der Waals surface area contributed by atoms with E-state index < -0.39 is 0 Å². The fraction of sp³-hybridized carbons (Fsp3) is 0.238. The van der Waals surface area contributed by atoms with Crippen LogP contribution in [0.4, 0.5) is 5.95 Å². The number of aromatic amines is 1. The van der Waals surface area contributed by atoms with Crippen molar-refractivity contribution in [2.24, 2.45) is 0 Å². The number of benzene rings is 1. The minimum atomic E-state index is -0.285. The van der Waals surface area contributed by atoms with Crippen molar-refractivity contribution in [1.29, 1.82) is 0 Å². The van der Waals surface area contributed by atoms with Crippen molar-refractivity contribution in [3.8, 4) is 10.8 Å². The molecule has 2 N–H and O–H groups in total. The maximum atomic E-state index is 12.4. The number of anilines is 1. The molecular formula is C21H20N6O2S. The summed E-state index contributed by atoms with van der Waals surface area (Å²) in [6.07, 6.45) is 1.55. The second kappa shape index (κ2) is 6.81. The number of H-pyrrole nitrogens is 1. The van der Waals surface area contributed by atoms with E-state index in [0.29, 0.717) is 23.5 Å². The van der Waals surface area contributed by atoms with Crippen LogP contribution in [0.2, 0.25) is 0 Å². The lowest BCUT2D eigenvalue weighted by atomic mass is 10.1. The van der Waals surface area contributed by atoms with Crippen LogP contribution in [0, 0.1) is 0 Å². The molecule has 0 saturated carbocycles. The Bertz CT molecular complexity index is 1390. The lowest BCUT2D eigenvalue weighted by Crippen LogP contribution is -2.24. The van der Waals surface area contributed by atoms with Gasteiger partial charge in [-0.15, -0.1) is 11.3 Å². The number of hydrogen-bond acceptors (Lipinski definition) is 7. The molecule has 5 rings (SSSR count). The SMILES string of the molecule is CC(C)(C)n1ncc2c(=O)[nH]c(NCc3ccc(-c4nc5ccccc5s4)o3)nc21. The minimum Gasteiger partial charge on any atom is -0.457 e. The maximum Gasteiger partial charge on any atom is 0.263 e. The molecule has 0 fully saturated rings. The Morgan fingerprint density at radius 2 is 2.00 bits per heavy atom. The number of nitrogens with zero attached hydrogens (tertiary/aromatic N) is 4. The van der Waals surface area contributed by atoms with Crippen molar-refractivity contribution in [3.63, 3.8) is 0 Å². The molecule has 4 heterocycles. The molecule has 5 aromatic rings. The van der Waals surface area contributed by atoms with Gasteiger partial charge in [-0.25, -0.2) is 9.67 Å². The van der Waals surface area contributed by atoms with Gasteiger partial charge in [-0.3, -0.25) is 9.78 Å².